The van der Waals surface area contributed by atoms with Crippen LogP contribution in [0.5, 0.6) is 11.5 Å². The van der Waals surface area contributed by atoms with Crippen LogP contribution < -0.4 is 20.6 Å². The first-order valence-corrected chi connectivity index (χ1v) is 7.99. The number of rotatable bonds is 7. The number of nitrogens with zero attached hydrogens (tertiary/aromatic N) is 1. The molecule has 0 radical (unpaired) electrons. The first kappa shape index (κ1) is 18.3. The number of hydrogen-bond donors (Lipinski definition) is 2. The number of hydrogen-bond acceptors (Lipinski definition) is 5. The molecule has 6 heteroatoms. The van der Waals surface area contributed by atoms with Crippen molar-refractivity contribution in [3.63, 3.8) is 0 Å². The zero-order valence-electron chi connectivity index (χ0n) is 14.7. The van der Waals surface area contributed by atoms with E-state index < -0.39 is 0 Å². The summed E-state index contributed by atoms with van der Waals surface area (Å²) in [6.07, 6.45) is 1.85. The lowest BCUT2D eigenvalue weighted by Crippen LogP contribution is -2.19. The van der Waals surface area contributed by atoms with Crippen molar-refractivity contribution in [1.82, 2.24) is 5.43 Å². The Kier molecular flexibility index (Phi) is 6.39. The van der Waals surface area contributed by atoms with Gasteiger partial charge in [0.1, 0.15) is 0 Å². The molecular formula is C19H23N3O3. The van der Waals surface area contributed by atoms with Gasteiger partial charge >= 0.3 is 0 Å². The molecule has 0 bridgehead atoms. The van der Waals surface area contributed by atoms with E-state index in [1.54, 1.807) is 31.5 Å². The summed E-state index contributed by atoms with van der Waals surface area (Å²) in [5, 5.41) is 3.98. The van der Waals surface area contributed by atoms with E-state index in [-0.39, 0.29) is 18.4 Å². The van der Waals surface area contributed by atoms with E-state index in [9.17, 15) is 4.79 Å². The van der Waals surface area contributed by atoms with Crippen LogP contribution in [0.15, 0.2) is 47.6 Å². The van der Waals surface area contributed by atoms with Gasteiger partial charge in [0.05, 0.1) is 25.8 Å². The number of ether oxygens (including phenoxy) is 2. The molecule has 0 saturated heterocycles. The number of hydrazone groups is 1. The number of nitrogens with one attached hydrogen (secondary N) is 1. The summed E-state index contributed by atoms with van der Waals surface area (Å²) in [7, 11) is 1.58. The first-order valence-electron chi connectivity index (χ1n) is 7.99. The fourth-order valence-corrected chi connectivity index (χ4v) is 2.15. The van der Waals surface area contributed by atoms with Crippen LogP contribution in [0.4, 0.5) is 5.69 Å². The molecule has 0 saturated carbocycles. The molecule has 132 valence electrons. The molecule has 0 aliphatic carbocycles. The minimum absolute atomic E-state index is 0.0565. The summed E-state index contributed by atoms with van der Waals surface area (Å²) in [5.74, 6) is 1.08. The predicted octanol–water partition coefficient (Wildman–Crippen LogP) is 2.76. The minimum Gasteiger partial charge on any atom is -0.493 e. The summed E-state index contributed by atoms with van der Waals surface area (Å²) in [6.45, 7) is 3.90. The molecular weight excluding hydrogens is 318 g/mol. The molecule has 25 heavy (non-hydrogen) atoms. The molecule has 1 amide bonds. The number of methoxy groups -OCH3 is 1. The van der Waals surface area contributed by atoms with Gasteiger partial charge in [0.2, 0.25) is 5.91 Å². The molecule has 2 aromatic carbocycles. The van der Waals surface area contributed by atoms with Crippen molar-refractivity contribution in [2.75, 3.05) is 12.8 Å². The van der Waals surface area contributed by atoms with Crippen LogP contribution in [0.3, 0.4) is 0 Å². The maximum absolute atomic E-state index is 11.9. The fourth-order valence-electron chi connectivity index (χ4n) is 2.15. The van der Waals surface area contributed by atoms with Crippen molar-refractivity contribution in [3.8, 4) is 11.5 Å². The van der Waals surface area contributed by atoms with Crippen LogP contribution >= 0.6 is 0 Å². The Morgan fingerprint density at radius 3 is 2.56 bits per heavy atom. The summed E-state index contributed by atoms with van der Waals surface area (Å²) in [4.78, 5) is 11.9. The molecule has 6 nitrogen and oxygen atoms in total. The summed E-state index contributed by atoms with van der Waals surface area (Å²) < 4.78 is 11.0. The number of amides is 1. The third-order valence-electron chi connectivity index (χ3n) is 3.30. The Morgan fingerprint density at radius 2 is 1.92 bits per heavy atom. The molecule has 0 atom stereocenters. The van der Waals surface area contributed by atoms with E-state index in [1.807, 2.05) is 38.1 Å². The normalized spacial score (nSPS) is 10.9. The van der Waals surface area contributed by atoms with E-state index >= 15 is 0 Å². The SMILES string of the molecule is COc1cc(/C=N\NC(=O)Cc2ccc(N)cc2)ccc1OC(C)C. The van der Waals surface area contributed by atoms with Crippen molar-refractivity contribution in [2.45, 2.75) is 26.4 Å². The van der Waals surface area contributed by atoms with Gasteiger partial charge in [-0.05, 0) is 55.3 Å². The number of carbonyl (C=O) groups excluding carboxylic acids is 1. The second-order valence-corrected chi connectivity index (χ2v) is 5.79. The summed E-state index contributed by atoms with van der Waals surface area (Å²) in [5.41, 5.74) is 10.5. The zero-order chi connectivity index (χ0) is 18.2. The average molecular weight is 341 g/mol. The maximum atomic E-state index is 11.9. The quantitative estimate of drug-likeness (QED) is 0.461. The Hall–Kier alpha value is -3.02. The van der Waals surface area contributed by atoms with E-state index in [2.05, 4.69) is 10.5 Å². The van der Waals surface area contributed by atoms with Gasteiger partial charge in [-0.3, -0.25) is 4.79 Å². The second-order valence-electron chi connectivity index (χ2n) is 5.79. The van der Waals surface area contributed by atoms with Gasteiger partial charge in [0.15, 0.2) is 11.5 Å². The number of nitrogen functional groups attached to an aromatic ring is 1. The van der Waals surface area contributed by atoms with Gasteiger partial charge in [-0.15, -0.1) is 0 Å². The van der Waals surface area contributed by atoms with Gasteiger partial charge in [-0.25, -0.2) is 5.43 Å². The molecule has 0 aromatic heterocycles. The van der Waals surface area contributed by atoms with Gasteiger partial charge in [-0.2, -0.15) is 5.10 Å². The largest absolute Gasteiger partial charge is 0.493 e. The van der Waals surface area contributed by atoms with Crippen molar-refractivity contribution in [2.24, 2.45) is 5.10 Å². The van der Waals surface area contributed by atoms with Crippen LogP contribution in [-0.2, 0) is 11.2 Å². The molecule has 0 unspecified atom stereocenters. The van der Waals surface area contributed by atoms with Gasteiger partial charge in [-0.1, -0.05) is 12.1 Å². The molecule has 0 aliphatic heterocycles. The van der Waals surface area contributed by atoms with Crippen molar-refractivity contribution >= 4 is 17.8 Å². The lowest BCUT2D eigenvalue weighted by Gasteiger charge is -2.13. The predicted molar refractivity (Wildman–Crippen MR) is 99.1 cm³/mol. The monoisotopic (exact) mass is 341 g/mol. The average Bonchev–Trinajstić information content (AvgIpc) is 2.57. The standard InChI is InChI=1S/C19H23N3O3/c1-13(2)25-17-9-6-15(10-18(17)24-3)12-21-22-19(23)11-14-4-7-16(20)8-5-14/h4-10,12-13H,11,20H2,1-3H3,(H,22,23)/b21-12-. The first-order chi connectivity index (χ1) is 12.0. The highest BCUT2D eigenvalue weighted by molar-refractivity contribution is 5.84. The smallest absolute Gasteiger partial charge is 0.244 e. The number of nitrogens with two attached hydrogens (primary N) is 1. The highest BCUT2D eigenvalue weighted by Gasteiger charge is 2.07. The Morgan fingerprint density at radius 1 is 1.20 bits per heavy atom. The van der Waals surface area contributed by atoms with Crippen LogP contribution in [0, 0.1) is 0 Å². The lowest BCUT2D eigenvalue weighted by atomic mass is 10.1. The highest BCUT2D eigenvalue weighted by Crippen LogP contribution is 2.28. The van der Waals surface area contributed by atoms with Crippen molar-refractivity contribution < 1.29 is 14.3 Å². The molecule has 0 heterocycles. The Balaban J connectivity index is 1.94. The van der Waals surface area contributed by atoms with Crippen LogP contribution in [0.1, 0.15) is 25.0 Å². The zero-order valence-corrected chi connectivity index (χ0v) is 14.7. The van der Waals surface area contributed by atoms with E-state index in [4.69, 9.17) is 15.2 Å². The topological polar surface area (TPSA) is 85.9 Å². The third kappa shape index (κ3) is 5.84. The highest BCUT2D eigenvalue weighted by atomic mass is 16.5. The maximum Gasteiger partial charge on any atom is 0.244 e. The minimum atomic E-state index is -0.201. The molecule has 3 N–H and O–H groups in total. The summed E-state index contributed by atoms with van der Waals surface area (Å²) in [6, 6.07) is 12.6. The second kappa shape index (κ2) is 8.73. The van der Waals surface area contributed by atoms with Crippen LogP contribution in [0.2, 0.25) is 0 Å². The van der Waals surface area contributed by atoms with E-state index in [0.29, 0.717) is 17.2 Å². The van der Waals surface area contributed by atoms with Crippen LogP contribution in [-0.4, -0.2) is 25.3 Å². The summed E-state index contributed by atoms with van der Waals surface area (Å²) >= 11 is 0. The van der Waals surface area contributed by atoms with Gasteiger partial charge < -0.3 is 15.2 Å². The van der Waals surface area contributed by atoms with Crippen molar-refractivity contribution in [1.29, 1.82) is 0 Å². The van der Waals surface area contributed by atoms with Gasteiger partial charge in [0.25, 0.3) is 0 Å². The Bertz CT molecular complexity index is 740. The molecule has 0 spiro atoms. The molecule has 2 rings (SSSR count). The van der Waals surface area contributed by atoms with Crippen LogP contribution in [0.25, 0.3) is 0 Å². The fraction of sp³-hybridized carbons (Fsp3) is 0.263. The van der Waals surface area contributed by atoms with E-state index in [1.165, 1.54) is 0 Å². The molecule has 2 aromatic rings. The number of carbonyl (C=O) groups is 1. The lowest BCUT2D eigenvalue weighted by molar-refractivity contribution is -0.120. The number of benzene rings is 2. The van der Waals surface area contributed by atoms with E-state index in [0.717, 1.165) is 11.1 Å². The van der Waals surface area contributed by atoms with Gasteiger partial charge in [0, 0.05) is 5.69 Å². The third-order valence-corrected chi connectivity index (χ3v) is 3.30. The molecule has 0 aliphatic rings. The molecule has 0 fully saturated rings. The Labute approximate surface area is 147 Å². The number of anilines is 1. The van der Waals surface area contributed by atoms with Crippen molar-refractivity contribution in [3.05, 3.63) is 53.6 Å².